The number of hydrogen-bond acceptors (Lipinski definition) is 2. The first kappa shape index (κ1) is 16.2. The third-order valence-corrected chi connectivity index (χ3v) is 7.80. The van der Waals surface area contributed by atoms with Gasteiger partial charge in [0.05, 0.1) is 0 Å². The number of carbonyl (C=O) groups is 1. The van der Waals surface area contributed by atoms with Crippen molar-refractivity contribution < 1.29 is 9.90 Å². The molecule has 5 atom stereocenters. The van der Waals surface area contributed by atoms with Gasteiger partial charge in [0.2, 0.25) is 0 Å². The van der Waals surface area contributed by atoms with Crippen LogP contribution in [0.5, 0.6) is 0 Å². The van der Waals surface area contributed by atoms with E-state index >= 15 is 0 Å². The van der Waals surface area contributed by atoms with Crippen LogP contribution in [0.15, 0.2) is 23.3 Å². The summed E-state index contributed by atoms with van der Waals surface area (Å²) < 4.78 is 0. The lowest BCUT2D eigenvalue weighted by Crippen LogP contribution is -2.50. The Morgan fingerprint density at radius 2 is 2.04 bits per heavy atom. The van der Waals surface area contributed by atoms with Gasteiger partial charge >= 0.3 is 0 Å². The second kappa shape index (κ2) is 5.09. The molecule has 0 amide bonds. The van der Waals surface area contributed by atoms with Gasteiger partial charge in [-0.1, -0.05) is 43.1 Å². The van der Waals surface area contributed by atoms with Crippen molar-refractivity contribution in [2.24, 2.45) is 22.7 Å². The van der Waals surface area contributed by atoms with E-state index < -0.39 is 5.60 Å². The molecule has 0 aromatic heterocycles. The fourth-order valence-corrected chi connectivity index (χ4v) is 6.21. The Hall–Kier alpha value is -1.33. The van der Waals surface area contributed by atoms with Crippen LogP contribution >= 0.6 is 0 Å². The minimum Gasteiger partial charge on any atom is -0.377 e. The van der Waals surface area contributed by atoms with Gasteiger partial charge in [-0.15, -0.1) is 5.92 Å². The summed E-state index contributed by atoms with van der Waals surface area (Å²) in [6.07, 6.45) is 10.9. The number of Topliss-reactive ketones (excluding diaryl/α,β-unsaturated/α-hetero) is 1. The second-order valence-corrected chi connectivity index (χ2v) is 8.78. The molecule has 4 aliphatic carbocycles. The zero-order valence-corrected chi connectivity index (χ0v) is 15.1. The number of hydrogen-bond donors (Lipinski definition) is 1. The van der Waals surface area contributed by atoms with Crippen molar-refractivity contribution in [3.63, 3.8) is 0 Å². The average Bonchev–Trinajstić information content (AvgIpc) is 2.80. The first-order chi connectivity index (χ1) is 11.3. The molecule has 0 heterocycles. The Bertz CT molecular complexity index is 718. The molecule has 0 bridgehead atoms. The molecule has 0 unspecified atom stereocenters. The van der Waals surface area contributed by atoms with Gasteiger partial charge in [0.15, 0.2) is 0 Å². The number of rotatable bonds is 0. The maximum absolute atomic E-state index is 11.9. The lowest BCUT2D eigenvalue weighted by molar-refractivity contribution is -0.120. The van der Waals surface area contributed by atoms with E-state index in [2.05, 4.69) is 37.8 Å². The minimum atomic E-state index is -0.845. The molecule has 2 nitrogen and oxygen atoms in total. The summed E-state index contributed by atoms with van der Waals surface area (Å²) >= 11 is 0. The van der Waals surface area contributed by atoms with Crippen molar-refractivity contribution in [3.8, 4) is 11.8 Å². The Labute approximate surface area is 145 Å². The summed E-state index contributed by atoms with van der Waals surface area (Å²) in [4.78, 5) is 11.9. The molecule has 0 saturated heterocycles. The Morgan fingerprint density at radius 1 is 1.25 bits per heavy atom. The van der Waals surface area contributed by atoms with Gasteiger partial charge in [-0.25, -0.2) is 0 Å². The van der Waals surface area contributed by atoms with Crippen molar-refractivity contribution in [1.82, 2.24) is 0 Å². The maximum Gasteiger partial charge on any atom is 0.137 e. The highest BCUT2D eigenvalue weighted by Crippen LogP contribution is 2.64. The SMILES string of the molecule is CC#C[C@]1(O)CC[C@H]2[C@@H]3CC=C4CC(=O)CC[C@]4(C)C3=CC[C@@]21C. The molecular formula is C22H28O2. The highest BCUT2D eigenvalue weighted by atomic mass is 16.3. The third-order valence-electron chi connectivity index (χ3n) is 7.80. The van der Waals surface area contributed by atoms with Crippen LogP contribution in [0.3, 0.4) is 0 Å². The third kappa shape index (κ3) is 1.91. The zero-order valence-electron chi connectivity index (χ0n) is 15.1. The number of fused-ring (bicyclic) bond motifs is 5. The van der Waals surface area contributed by atoms with E-state index in [4.69, 9.17) is 0 Å². The van der Waals surface area contributed by atoms with E-state index in [1.165, 1.54) is 5.57 Å². The molecule has 0 spiro atoms. The predicted molar refractivity (Wildman–Crippen MR) is 95.1 cm³/mol. The van der Waals surface area contributed by atoms with Gasteiger partial charge in [0.25, 0.3) is 0 Å². The summed E-state index contributed by atoms with van der Waals surface area (Å²) in [6, 6.07) is 0. The topological polar surface area (TPSA) is 37.3 Å². The van der Waals surface area contributed by atoms with Gasteiger partial charge in [-0.3, -0.25) is 4.79 Å². The van der Waals surface area contributed by atoms with Gasteiger partial charge in [-0.2, -0.15) is 0 Å². The van der Waals surface area contributed by atoms with Crippen LogP contribution in [0, 0.1) is 34.5 Å². The van der Waals surface area contributed by atoms with Gasteiger partial charge in [0, 0.05) is 23.7 Å². The molecular weight excluding hydrogens is 296 g/mol. The number of carbonyl (C=O) groups excluding carboxylic acids is 1. The first-order valence-corrected chi connectivity index (χ1v) is 9.42. The van der Waals surface area contributed by atoms with E-state index in [9.17, 15) is 9.90 Å². The average molecular weight is 324 g/mol. The largest absolute Gasteiger partial charge is 0.377 e. The van der Waals surface area contributed by atoms with Crippen molar-refractivity contribution in [1.29, 1.82) is 0 Å². The molecule has 24 heavy (non-hydrogen) atoms. The molecule has 128 valence electrons. The molecule has 0 aromatic rings. The van der Waals surface area contributed by atoms with Gasteiger partial charge in [-0.05, 0) is 50.9 Å². The van der Waals surface area contributed by atoms with E-state index in [0.29, 0.717) is 30.5 Å². The van der Waals surface area contributed by atoms with Crippen LogP contribution < -0.4 is 0 Å². The number of ketones is 1. The van der Waals surface area contributed by atoms with Crippen molar-refractivity contribution in [2.75, 3.05) is 0 Å². The van der Waals surface area contributed by atoms with Crippen LogP contribution in [0.25, 0.3) is 0 Å². The Morgan fingerprint density at radius 3 is 2.79 bits per heavy atom. The highest BCUT2D eigenvalue weighted by molar-refractivity contribution is 5.83. The molecule has 1 N–H and O–H groups in total. The van der Waals surface area contributed by atoms with Crippen LogP contribution in [-0.2, 0) is 4.79 Å². The van der Waals surface area contributed by atoms with Gasteiger partial charge in [0.1, 0.15) is 11.4 Å². The lowest BCUT2D eigenvalue weighted by Gasteiger charge is -2.53. The number of allylic oxidation sites excluding steroid dienone is 4. The van der Waals surface area contributed by atoms with E-state index in [1.807, 2.05) is 6.92 Å². The van der Waals surface area contributed by atoms with Crippen LogP contribution in [-0.4, -0.2) is 16.5 Å². The van der Waals surface area contributed by atoms with E-state index in [0.717, 1.165) is 32.1 Å². The standard InChI is InChI=1S/C22H28O2/c1-4-10-22(24)13-9-19-17-6-5-15-14-16(23)7-11-20(15,2)18(17)8-12-21(19,22)3/h5,8,17,19,24H,6-7,9,11-14H2,1-3H3/t17-,19+,20+,21+,22+/m1/s1. The van der Waals surface area contributed by atoms with Crippen molar-refractivity contribution in [2.45, 2.75) is 71.3 Å². The molecule has 2 heteroatoms. The summed E-state index contributed by atoms with van der Waals surface area (Å²) in [5.74, 6) is 7.52. The normalized spacial score (nSPS) is 46.8. The molecule has 0 radical (unpaired) electrons. The summed E-state index contributed by atoms with van der Waals surface area (Å²) in [5, 5.41) is 11.2. The summed E-state index contributed by atoms with van der Waals surface area (Å²) in [6.45, 7) is 6.42. The Kier molecular flexibility index (Phi) is 3.42. The molecule has 2 fully saturated rings. The predicted octanol–water partition coefficient (Wildman–Crippen LogP) is 4.19. The molecule has 4 rings (SSSR count). The summed E-state index contributed by atoms with van der Waals surface area (Å²) in [5.41, 5.74) is 2.00. The zero-order chi connectivity index (χ0) is 17.2. The van der Waals surface area contributed by atoms with Crippen molar-refractivity contribution >= 4 is 5.78 Å². The van der Waals surface area contributed by atoms with Crippen LogP contribution in [0.4, 0.5) is 0 Å². The van der Waals surface area contributed by atoms with Gasteiger partial charge < -0.3 is 5.11 Å². The first-order valence-electron chi connectivity index (χ1n) is 9.42. The van der Waals surface area contributed by atoms with E-state index in [1.54, 1.807) is 5.57 Å². The van der Waals surface area contributed by atoms with Crippen molar-refractivity contribution in [3.05, 3.63) is 23.3 Å². The monoisotopic (exact) mass is 324 g/mol. The minimum absolute atomic E-state index is 0.0787. The van der Waals surface area contributed by atoms with Crippen LogP contribution in [0.1, 0.15) is 65.7 Å². The maximum atomic E-state index is 11.9. The summed E-state index contributed by atoms with van der Waals surface area (Å²) in [7, 11) is 0. The highest BCUT2D eigenvalue weighted by Gasteiger charge is 2.61. The smallest absolute Gasteiger partial charge is 0.137 e. The molecule has 2 saturated carbocycles. The molecule has 0 aliphatic heterocycles. The molecule has 0 aromatic carbocycles. The lowest BCUT2D eigenvalue weighted by atomic mass is 9.51. The molecule has 4 aliphatic rings. The second-order valence-electron chi connectivity index (χ2n) is 8.78. The van der Waals surface area contributed by atoms with E-state index in [-0.39, 0.29) is 10.8 Å². The fraction of sp³-hybridized carbons (Fsp3) is 0.682. The number of aliphatic hydroxyl groups is 1. The fourth-order valence-electron chi connectivity index (χ4n) is 6.21. The quantitative estimate of drug-likeness (QED) is 0.536. The van der Waals surface area contributed by atoms with Crippen LogP contribution in [0.2, 0.25) is 0 Å². The Balaban J connectivity index is 1.75.